The van der Waals surface area contributed by atoms with Crippen molar-refractivity contribution < 1.29 is 0 Å². The third-order valence-electron chi connectivity index (χ3n) is 2.87. The zero-order valence-electron chi connectivity index (χ0n) is 10.1. The molecule has 0 amide bonds. The lowest BCUT2D eigenvalue weighted by Crippen LogP contribution is -2.19. The molecule has 1 aromatic carbocycles. The van der Waals surface area contributed by atoms with Crippen LogP contribution in [0.15, 0.2) is 24.3 Å². The fourth-order valence-corrected chi connectivity index (χ4v) is 2.04. The monoisotopic (exact) mass is 251 g/mol. The van der Waals surface area contributed by atoms with Crippen molar-refractivity contribution in [3.63, 3.8) is 0 Å². The molecule has 0 aliphatic heterocycles. The predicted molar refractivity (Wildman–Crippen MR) is 73.9 cm³/mol. The van der Waals surface area contributed by atoms with Crippen molar-refractivity contribution in [1.82, 2.24) is 9.97 Å². The van der Waals surface area contributed by atoms with Crippen LogP contribution < -0.4 is 4.90 Å². The molecule has 92 valence electrons. The molecule has 17 heavy (non-hydrogen) atoms. The van der Waals surface area contributed by atoms with Crippen molar-refractivity contribution in [3.8, 4) is 0 Å². The van der Waals surface area contributed by atoms with Gasteiger partial charge in [0.25, 0.3) is 0 Å². The third-order valence-corrected chi connectivity index (χ3v) is 3.13. The van der Waals surface area contributed by atoms with Crippen LogP contribution in [0.3, 0.4) is 0 Å². The van der Waals surface area contributed by atoms with Crippen LogP contribution in [0.2, 0.25) is 0 Å². The van der Waals surface area contributed by atoms with Crippen molar-refractivity contribution >= 4 is 28.6 Å². The molecule has 1 aromatic heterocycles. The molecule has 0 fully saturated rings. The summed E-state index contributed by atoms with van der Waals surface area (Å²) in [5.74, 6) is 1.70. The first-order valence-corrected chi connectivity index (χ1v) is 6.56. The van der Waals surface area contributed by atoms with E-state index in [2.05, 4.69) is 21.9 Å². The lowest BCUT2D eigenvalue weighted by molar-refractivity contribution is 0.701. The smallest absolute Gasteiger partial charge is 0.203 e. The Morgan fingerprint density at radius 2 is 2.06 bits per heavy atom. The van der Waals surface area contributed by atoms with Gasteiger partial charge in [-0.3, -0.25) is 0 Å². The summed E-state index contributed by atoms with van der Waals surface area (Å²) >= 11 is 5.66. The average Bonchev–Trinajstić information content (AvgIpc) is 2.78. The van der Waals surface area contributed by atoms with E-state index in [4.69, 9.17) is 11.6 Å². The van der Waals surface area contributed by atoms with E-state index in [1.54, 1.807) is 0 Å². The summed E-state index contributed by atoms with van der Waals surface area (Å²) < 4.78 is 0. The number of imidazole rings is 1. The van der Waals surface area contributed by atoms with Crippen LogP contribution in [0, 0.1) is 0 Å². The molecule has 2 rings (SSSR count). The number of aromatic nitrogens is 2. The molecule has 2 aromatic rings. The van der Waals surface area contributed by atoms with E-state index in [0.717, 1.165) is 42.2 Å². The minimum atomic E-state index is 0.758. The number of nitrogens with zero attached hydrogens (tertiary/aromatic N) is 2. The number of benzene rings is 1. The van der Waals surface area contributed by atoms with Crippen LogP contribution in [-0.4, -0.2) is 29.4 Å². The maximum absolute atomic E-state index is 5.66. The first kappa shape index (κ1) is 12.2. The normalized spacial score (nSPS) is 10.9. The summed E-state index contributed by atoms with van der Waals surface area (Å²) in [5.41, 5.74) is 2.12. The summed E-state index contributed by atoms with van der Waals surface area (Å²) in [4.78, 5) is 10.0. The molecule has 0 saturated carbocycles. The van der Waals surface area contributed by atoms with Gasteiger partial charge in [-0.1, -0.05) is 18.6 Å². The van der Waals surface area contributed by atoms with Gasteiger partial charge in [0, 0.05) is 19.5 Å². The highest BCUT2D eigenvalue weighted by Gasteiger charge is 2.06. The van der Waals surface area contributed by atoms with Gasteiger partial charge in [0.1, 0.15) is 0 Å². The van der Waals surface area contributed by atoms with E-state index in [1.165, 1.54) is 6.42 Å². The number of H-pyrrole nitrogens is 1. The average molecular weight is 252 g/mol. The molecular weight excluding hydrogens is 234 g/mol. The quantitative estimate of drug-likeness (QED) is 0.630. The van der Waals surface area contributed by atoms with E-state index in [1.807, 2.05) is 24.3 Å². The lowest BCUT2D eigenvalue weighted by Gasteiger charge is -2.15. The fraction of sp³-hybridized carbons (Fsp3) is 0.462. The molecule has 0 aliphatic rings. The van der Waals surface area contributed by atoms with Gasteiger partial charge in [-0.25, -0.2) is 4.98 Å². The lowest BCUT2D eigenvalue weighted by atomic mass is 10.2. The van der Waals surface area contributed by atoms with Crippen molar-refractivity contribution in [2.45, 2.75) is 19.3 Å². The number of para-hydroxylation sites is 2. The van der Waals surface area contributed by atoms with Crippen LogP contribution >= 0.6 is 11.6 Å². The molecule has 0 unspecified atom stereocenters. The molecule has 0 radical (unpaired) electrons. The fourth-order valence-electron chi connectivity index (χ4n) is 1.85. The Kier molecular flexibility index (Phi) is 4.26. The molecule has 0 bridgehead atoms. The number of hydrogen-bond acceptors (Lipinski definition) is 2. The zero-order chi connectivity index (χ0) is 12.1. The van der Waals surface area contributed by atoms with Gasteiger partial charge < -0.3 is 9.88 Å². The number of hydrogen-bond donors (Lipinski definition) is 1. The Labute approximate surface area is 107 Å². The largest absolute Gasteiger partial charge is 0.345 e. The van der Waals surface area contributed by atoms with E-state index in [9.17, 15) is 0 Å². The number of unbranched alkanes of at least 4 members (excludes halogenated alkanes) is 2. The maximum atomic E-state index is 5.66. The first-order chi connectivity index (χ1) is 8.31. The topological polar surface area (TPSA) is 31.9 Å². The number of fused-ring (bicyclic) bond motifs is 1. The van der Waals surface area contributed by atoms with Gasteiger partial charge in [-0.15, -0.1) is 11.6 Å². The summed E-state index contributed by atoms with van der Waals surface area (Å²) in [6, 6.07) is 8.10. The molecule has 1 N–H and O–H groups in total. The van der Waals surface area contributed by atoms with Gasteiger partial charge in [0.2, 0.25) is 5.95 Å². The Morgan fingerprint density at radius 1 is 1.24 bits per heavy atom. The van der Waals surface area contributed by atoms with Crippen molar-refractivity contribution in [2.24, 2.45) is 0 Å². The van der Waals surface area contributed by atoms with Gasteiger partial charge in [-0.05, 0) is 25.0 Å². The van der Waals surface area contributed by atoms with Crippen LogP contribution in [0.4, 0.5) is 5.95 Å². The molecule has 0 spiro atoms. The minimum Gasteiger partial charge on any atom is -0.345 e. The Balaban J connectivity index is 1.96. The van der Waals surface area contributed by atoms with Crippen molar-refractivity contribution in [3.05, 3.63) is 24.3 Å². The summed E-state index contributed by atoms with van der Waals surface area (Å²) in [6.07, 6.45) is 3.42. The number of aromatic amines is 1. The molecule has 0 atom stereocenters. The zero-order valence-corrected chi connectivity index (χ0v) is 10.9. The second-order valence-electron chi connectivity index (χ2n) is 4.25. The third kappa shape index (κ3) is 3.13. The molecule has 0 saturated heterocycles. The number of halogens is 1. The Hall–Kier alpha value is -1.22. The van der Waals surface area contributed by atoms with Crippen LogP contribution in [0.1, 0.15) is 19.3 Å². The van der Waals surface area contributed by atoms with E-state index in [-0.39, 0.29) is 0 Å². The summed E-state index contributed by atoms with van der Waals surface area (Å²) in [6.45, 7) is 1.01. The van der Waals surface area contributed by atoms with Gasteiger partial charge in [0.15, 0.2) is 0 Å². The number of nitrogens with one attached hydrogen (secondary N) is 1. The summed E-state index contributed by atoms with van der Waals surface area (Å²) in [5, 5.41) is 0. The molecule has 0 aliphatic carbocycles. The SMILES string of the molecule is CN(CCCCCCl)c1nc2ccccc2[nH]1. The van der Waals surface area contributed by atoms with Crippen LogP contribution in [-0.2, 0) is 0 Å². The highest BCUT2D eigenvalue weighted by atomic mass is 35.5. The van der Waals surface area contributed by atoms with Gasteiger partial charge >= 0.3 is 0 Å². The molecule has 4 heteroatoms. The van der Waals surface area contributed by atoms with E-state index in [0.29, 0.717) is 0 Å². The Morgan fingerprint density at radius 3 is 2.82 bits per heavy atom. The molecular formula is C13H18ClN3. The van der Waals surface area contributed by atoms with E-state index < -0.39 is 0 Å². The highest BCUT2D eigenvalue weighted by molar-refractivity contribution is 6.17. The molecule has 1 heterocycles. The van der Waals surface area contributed by atoms with Crippen molar-refractivity contribution in [2.75, 3.05) is 24.4 Å². The van der Waals surface area contributed by atoms with Crippen LogP contribution in [0.5, 0.6) is 0 Å². The van der Waals surface area contributed by atoms with Gasteiger partial charge in [-0.2, -0.15) is 0 Å². The van der Waals surface area contributed by atoms with Crippen molar-refractivity contribution in [1.29, 1.82) is 0 Å². The molecule has 3 nitrogen and oxygen atoms in total. The predicted octanol–water partition coefficient (Wildman–Crippen LogP) is 3.41. The number of anilines is 1. The minimum absolute atomic E-state index is 0.758. The van der Waals surface area contributed by atoms with Gasteiger partial charge in [0.05, 0.1) is 11.0 Å². The van der Waals surface area contributed by atoms with E-state index >= 15 is 0 Å². The first-order valence-electron chi connectivity index (χ1n) is 6.03. The number of alkyl halides is 1. The highest BCUT2D eigenvalue weighted by Crippen LogP contribution is 2.16. The van der Waals surface area contributed by atoms with Crippen LogP contribution in [0.25, 0.3) is 11.0 Å². The second-order valence-corrected chi connectivity index (χ2v) is 4.63. The summed E-state index contributed by atoms with van der Waals surface area (Å²) in [7, 11) is 2.07. The number of rotatable bonds is 6. The standard InChI is InChI=1S/C13H18ClN3/c1-17(10-6-2-5-9-14)13-15-11-7-3-4-8-12(11)16-13/h3-4,7-8H,2,5-6,9-10H2,1H3,(H,15,16). The second kappa shape index (κ2) is 5.92. The maximum Gasteiger partial charge on any atom is 0.203 e. The Bertz CT molecular complexity index is 433.